The predicted octanol–water partition coefficient (Wildman–Crippen LogP) is 0.857. The van der Waals surface area contributed by atoms with Crippen molar-refractivity contribution in [1.29, 1.82) is 0 Å². The minimum Gasteiger partial charge on any atom is -0.484 e. The van der Waals surface area contributed by atoms with Gasteiger partial charge in [0.2, 0.25) is 10.0 Å². The van der Waals surface area contributed by atoms with E-state index in [0.717, 1.165) is 18.2 Å². The maximum atomic E-state index is 11.8. The van der Waals surface area contributed by atoms with Gasteiger partial charge >= 0.3 is 6.18 Å². The van der Waals surface area contributed by atoms with E-state index in [2.05, 4.69) is 4.74 Å². The lowest BCUT2D eigenvalue weighted by Gasteiger charge is -2.10. The van der Waals surface area contributed by atoms with Crippen LogP contribution in [0.3, 0.4) is 0 Å². The van der Waals surface area contributed by atoms with Gasteiger partial charge in [-0.3, -0.25) is 0 Å². The van der Waals surface area contributed by atoms with Crippen molar-refractivity contribution in [2.24, 2.45) is 5.14 Å². The van der Waals surface area contributed by atoms with Gasteiger partial charge in [-0.05, 0) is 12.1 Å². The van der Waals surface area contributed by atoms with Gasteiger partial charge in [0.15, 0.2) is 6.61 Å². The first kappa shape index (κ1) is 13.6. The van der Waals surface area contributed by atoms with Crippen molar-refractivity contribution in [2.75, 3.05) is 12.3 Å². The topological polar surface area (TPSA) is 95.4 Å². The third-order valence-electron chi connectivity index (χ3n) is 1.69. The van der Waals surface area contributed by atoms with Gasteiger partial charge in [-0.2, -0.15) is 13.2 Å². The second kappa shape index (κ2) is 4.41. The summed E-state index contributed by atoms with van der Waals surface area (Å²) in [5.41, 5.74) is 5.06. The van der Waals surface area contributed by atoms with Crippen molar-refractivity contribution in [2.45, 2.75) is 11.1 Å². The standard InChI is InChI=1S/C8H9F3N2O3S/c9-8(10,11)4-16-5-1-2-7(6(12)3-5)17(13,14)15/h1-3H,4,12H2,(H2,13,14,15). The van der Waals surface area contributed by atoms with E-state index >= 15 is 0 Å². The first-order valence-corrected chi connectivity index (χ1v) is 5.76. The average Bonchev–Trinajstić information content (AvgIpc) is 2.11. The molecule has 0 aliphatic carbocycles. The molecule has 9 heteroatoms. The zero-order valence-electron chi connectivity index (χ0n) is 8.36. The van der Waals surface area contributed by atoms with Crippen LogP contribution in [0, 0.1) is 0 Å². The number of ether oxygens (including phenoxy) is 1. The third kappa shape index (κ3) is 4.11. The summed E-state index contributed by atoms with van der Waals surface area (Å²) < 4.78 is 61.8. The molecule has 0 saturated heterocycles. The van der Waals surface area contributed by atoms with Crippen molar-refractivity contribution in [1.82, 2.24) is 0 Å². The molecule has 0 heterocycles. The number of sulfonamides is 1. The first-order valence-electron chi connectivity index (χ1n) is 4.21. The van der Waals surface area contributed by atoms with Gasteiger partial charge in [-0.25, -0.2) is 13.6 Å². The molecule has 4 N–H and O–H groups in total. The van der Waals surface area contributed by atoms with Gasteiger partial charge in [0.1, 0.15) is 10.6 Å². The number of rotatable bonds is 3. The summed E-state index contributed by atoms with van der Waals surface area (Å²) in [5, 5.41) is 4.82. The molecule has 1 aromatic carbocycles. The largest absolute Gasteiger partial charge is 0.484 e. The Morgan fingerprint density at radius 3 is 2.29 bits per heavy atom. The summed E-state index contributed by atoms with van der Waals surface area (Å²) in [6, 6.07) is 2.99. The van der Waals surface area contributed by atoms with Gasteiger partial charge in [0, 0.05) is 6.07 Å². The number of nitrogen functional groups attached to an aromatic ring is 1. The summed E-state index contributed by atoms with van der Waals surface area (Å²) in [6.07, 6.45) is -4.48. The van der Waals surface area contributed by atoms with E-state index in [1.165, 1.54) is 0 Å². The van der Waals surface area contributed by atoms with E-state index in [4.69, 9.17) is 10.9 Å². The van der Waals surface area contributed by atoms with E-state index in [1.54, 1.807) is 0 Å². The molecular formula is C8H9F3N2O3S. The second-order valence-electron chi connectivity index (χ2n) is 3.15. The fourth-order valence-corrected chi connectivity index (χ4v) is 1.69. The fourth-order valence-electron chi connectivity index (χ4n) is 1.04. The van der Waals surface area contributed by atoms with E-state index in [0.29, 0.717) is 0 Å². The summed E-state index contributed by atoms with van der Waals surface area (Å²) in [6.45, 7) is -1.48. The summed E-state index contributed by atoms with van der Waals surface area (Å²) in [4.78, 5) is -0.364. The van der Waals surface area contributed by atoms with Gasteiger partial charge in [0.25, 0.3) is 0 Å². The van der Waals surface area contributed by atoms with Crippen LogP contribution in [0.2, 0.25) is 0 Å². The van der Waals surface area contributed by atoms with Gasteiger partial charge in [0.05, 0.1) is 5.69 Å². The molecule has 0 aliphatic rings. The molecule has 0 aromatic heterocycles. The maximum absolute atomic E-state index is 11.8. The number of halogens is 3. The zero-order chi connectivity index (χ0) is 13.3. The van der Waals surface area contributed by atoms with Crippen molar-refractivity contribution in [3.05, 3.63) is 18.2 Å². The quantitative estimate of drug-likeness (QED) is 0.796. The lowest BCUT2D eigenvalue weighted by Crippen LogP contribution is -2.19. The van der Waals surface area contributed by atoms with Crippen LogP contribution < -0.4 is 15.6 Å². The molecule has 0 radical (unpaired) electrons. The fraction of sp³-hybridized carbons (Fsp3) is 0.250. The van der Waals surface area contributed by atoms with Crippen LogP contribution in [-0.4, -0.2) is 21.2 Å². The number of benzene rings is 1. The second-order valence-corrected chi connectivity index (χ2v) is 4.68. The molecular weight excluding hydrogens is 261 g/mol. The number of alkyl halides is 3. The number of primary sulfonamides is 1. The SMILES string of the molecule is Nc1cc(OCC(F)(F)F)ccc1S(N)(=O)=O. The normalized spacial score (nSPS) is 12.5. The van der Waals surface area contributed by atoms with Crippen molar-refractivity contribution in [3.63, 3.8) is 0 Å². The number of nitrogens with two attached hydrogens (primary N) is 2. The number of hydrogen-bond donors (Lipinski definition) is 2. The molecule has 0 aliphatic heterocycles. The Balaban J connectivity index is 2.91. The summed E-state index contributed by atoms with van der Waals surface area (Å²) in [5.74, 6) is -0.188. The molecule has 0 saturated carbocycles. The van der Waals surface area contributed by atoms with Crippen molar-refractivity contribution < 1.29 is 26.3 Å². The highest BCUT2D eigenvalue weighted by atomic mass is 32.2. The molecule has 0 fully saturated rings. The molecule has 0 atom stereocenters. The van der Waals surface area contributed by atoms with E-state index in [1.807, 2.05) is 0 Å². The van der Waals surface area contributed by atoms with Gasteiger partial charge < -0.3 is 10.5 Å². The van der Waals surface area contributed by atoms with E-state index in [-0.39, 0.29) is 16.3 Å². The number of hydrogen-bond acceptors (Lipinski definition) is 4. The lowest BCUT2D eigenvalue weighted by atomic mass is 10.3. The summed E-state index contributed by atoms with van der Waals surface area (Å²) in [7, 11) is -4.00. The monoisotopic (exact) mass is 270 g/mol. The minimum atomic E-state index is -4.48. The summed E-state index contributed by atoms with van der Waals surface area (Å²) >= 11 is 0. The maximum Gasteiger partial charge on any atom is 0.422 e. The lowest BCUT2D eigenvalue weighted by molar-refractivity contribution is -0.153. The molecule has 5 nitrogen and oxygen atoms in total. The molecule has 0 bridgehead atoms. The molecule has 0 amide bonds. The molecule has 0 spiro atoms. The van der Waals surface area contributed by atoms with Crippen LogP contribution in [0.25, 0.3) is 0 Å². The van der Waals surface area contributed by atoms with Crippen LogP contribution in [-0.2, 0) is 10.0 Å². The Kier molecular flexibility index (Phi) is 3.53. The molecule has 0 unspecified atom stereocenters. The highest BCUT2D eigenvalue weighted by Gasteiger charge is 2.28. The molecule has 1 aromatic rings. The first-order chi connectivity index (χ1) is 7.59. The minimum absolute atomic E-state index is 0.188. The Labute approximate surface area is 95.2 Å². The molecule has 17 heavy (non-hydrogen) atoms. The van der Waals surface area contributed by atoms with Crippen LogP contribution in [0.5, 0.6) is 5.75 Å². The van der Waals surface area contributed by atoms with E-state index in [9.17, 15) is 21.6 Å². The average molecular weight is 270 g/mol. The van der Waals surface area contributed by atoms with Crippen molar-refractivity contribution in [3.8, 4) is 5.75 Å². The van der Waals surface area contributed by atoms with Crippen LogP contribution in [0.15, 0.2) is 23.1 Å². The Morgan fingerprint density at radius 1 is 1.29 bits per heavy atom. The van der Waals surface area contributed by atoms with Gasteiger partial charge in [-0.1, -0.05) is 0 Å². The van der Waals surface area contributed by atoms with Crippen molar-refractivity contribution >= 4 is 15.7 Å². The predicted molar refractivity (Wildman–Crippen MR) is 53.8 cm³/mol. The van der Waals surface area contributed by atoms with Gasteiger partial charge in [-0.15, -0.1) is 0 Å². The smallest absolute Gasteiger partial charge is 0.422 e. The molecule has 1 rings (SSSR count). The third-order valence-corrected chi connectivity index (χ3v) is 2.68. The highest BCUT2D eigenvalue weighted by Crippen LogP contribution is 2.24. The zero-order valence-corrected chi connectivity index (χ0v) is 9.18. The Morgan fingerprint density at radius 2 is 1.88 bits per heavy atom. The Hall–Kier alpha value is -1.48. The Bertz CT molecular complexity index is 513. The van der Waals surface area contributed by atoms with Crippen LogP contribution >= 0.6 is 0 Å². The number of anilines is 1. The van der Waals surface area contributed by atoms with Crippen LogP contribution in [0.4, 0.5) is 18.9 Å². The van der Waals surface area contributed by atoms with E-state index < -0.39 is 22.8 Å². The highest BCUT2D eigenvalue weighted by molar-refractivity contribution is 7.89. The van der Waals surface area contributed by atoms with Crippen LogP contribution in [0.1, 0.15) is 0 Å². The molecule has 96 valence electrons.